The molecule has 2 N–H and O–H groups in total. The maximum absolute atomic E-state index is 13.7. The fourth-order valence-electron chi connectivity index (χ4n) is 1.93. The van der Waals surface area contributed by atoms with Crippen molar-refractivity contribution in [2.24, 2.45) is 5.73 Å². The molecule has 1 nitrogen and oxygen atoms in total. The zero-order chi connectivity index (χ0) is 11.0. The summed E-state index contributed by atoms with van der Waals surface area (Å²) < 4.78 is 14.7. The van der Waals surface area contributed by atoms with Crippen LogP contribution in [0, 0.1) is 5.82 Å². The van der Waals surface area contributed by atoms with E-state index in [-0.39, 0.29) is 11.9 Å². The number of hydrogen-bond donors (Lipinski definition) is 1. The topological polar surface area (TPSA) is 26.0 Å². The summed E-state index contributed by atoms with van der Waals surface area (Å²) in [6.45, 7) is 2.14. The zero-order valence-corrected chi connectivity index (χ0v) is 10.9. The Morgan fingerprint density at radius 2 is 2.27 bits per heavy atom. The summed E-state index contributed by atoms with van der Waals surface area (Å²) in [7, 11) is 0. The van der Waals surface area contributed by atoms with Crippen molar-refractivity contribution < 1.29 is 4.39 Å². The van der Waals surface area contributed by atoms with Gasteiger partial charge in [0.25, 0.3) is 0 Å². The SMILES string of the molecule is CC1C[C@H](N)c2c(F)ccc(Br)c2CS1. The van der Waals surface area contributed by atoms with Gasteiger partial charge >= 0.3 is 0 Å². The summed E-state index contributed by atoms with van der Waals surface area (Å²) in [6, 6.07) is 3.07. The van der Waals surface area contributed by atoms with E-state index < -0.39 is 0 Å². The van der Waals surface area contributed by atoms with E-state index >= 15 is 0 Å². The first-order valence-corrected chi connectivity index (χ1v) is 6.77. The van der Waals surface area contributed by atoms with Gasteiger partial charge in [0.2, 0.25) is 0 Å². The molecule has 2 atom stereocenters. The van der Waals surface area contributed by atoms with E-state index in [9.17, 15) is 4.39 Å². The second-order valence-electron chi connectivity index (χ2n) is 3.89. The van der Waals surface area contributed by atoms with Crippen molar-refractivity contribution in [2.45, 2.75) is 30.4 Å². The van der Waals surface area contributed by atoms with Crippen molar-refractivity contribution in [3.8, 4) is 0 Å². The molecule has 1 unspecified atom stereocenters. The third kappa shape index (κ3) is 2.22. The van der Waals surface area contributed by atoms with Crippen LogP contribution in [-0.4, -0.2) is 5.25 Å². The van der Waals surface area contributed by atoms with Crippen LogP contribution < -0.4 is 5.73 Å². The summed E-state index contributed by atoms with van der Waals surface area (Å²) in [5.74, 6) is 0.665. The van der Waals surface area contributed by atoms with Crippen molar-refractivity contribution in [1.82, 2.24) is 0 Å². The van der Waals surface area contributed by atoms with Crippen LogP contribution >= 0.6 is 27.7 Å². The highest BCUT2D eigenvalue weighted by atomic mass is 79.9. The Labute approximate surface area is 102 Å². The molecule has 1 aliphatic heterocycles. The lowest BCUT2D eigenvalue weighted by Gasteiger charge is -2.15. The van der Waals surface area contributed by atoms with Gasteiger partial charge in [-0.15, -0.1) is 0 Å². The molecule has 1 aromatic rings. The van der Waals surface area contributed by atoms with Crippen LogP contribution in [0.1, 0.15) is 30.5 Å². The lowest BCUT2D eigenvalue weighted by atomic mass is 9.98. The molecular formula is C11H13BrFNS. The van der Waals surface area contributed by atoms with Gasteiger partial charge in [-0.25, -0.2) is 4.39 Å². The highest BCUT2D eigenvalue weighted by molar-refractivity contribution is 9.10. The lowest BCUT2D eigenvalue weighted by molar-refractivity contribution is 0.562. The highest BCUT2D eigenvalue weighted by Gasteiger charge is 2.24. The minimum atomic E-state index is -0.178. The second-order valence-corrected chi connectivity index (χ2v) is 6.17. The number of fused-ring (bicyclic) bond motifs is 1. The number of hydrogen-bond acceptors (Lipinski definition) is 2. The second kappa shape index (κ2) is 4.44. The normalized spacial score (nSPS) is 25.9. The molecule has 0 spiro atoms. The monoisotopic (exact) mass is 289 g/mol. The molecule has 0 aromatic heterocycles. The Bertz CT molecular complexity index is 383. The van der Waals surface area contributed by atoms with E-state index in [0.717, 1.165) is 22.2 Å². The van der Waals surface area contributed by atoms with Gasteiger partial charge in [0.15, 0.2) is 0 Å². The fraction of sp³-hybridized carbons (Fsp3) is 0.455. The van der Waals surface area contributed by atoms with Crippen LogP contribution in [0.25, 0.3) is 0 Å². The minimum Gasteiger partial charge on any atom is -0.324 e. The molecular weight excluding hydrogens is 277 g/mol. The quantitative estimate of drug-likeness (QED) is 0.790. The van der Waals surface area contributed by atoms with Gasteiger partial charge in [-0.1, -0.05) is 22.9 Å². The van der Waals surface area contributed by atoms with Gasteiger partial charge in [-0.3, -0.25) is 0 Å². The maximum Gasteiger partial charge on any atom is 0.128 e. The molecule has 1 heterocycles. The maximum atomic E-state index is 13.7. The molecule has 0 saturated carbocycles. The van der Waals surface area contributed by atoms with Crippen LogP contribution in [0.4, 0.5) is 4.39 Å². The van der Waals surface area contributed by atoms with E-state index in [4.69, 9.17) is 5.73 Å². The van der Waals surface area contributed by atoms with E-state index in [1.54, 1.807) is 6.07 Å². The van der Waals surface area contributed by atoms with Crippen LogP contribution in [-0.2, 0) is 5.75 Å². The number of thioether (sulfide) groups is 1. The van der Waals surface area contributed by atoms with Gasteiger partial charge in [0.1, 0.15) is 5.82 Å². The largest absolute Gasteiger partial charge is 0.324 e. The van der Waals surface area contributed by atoms with Crippen molar-refractivity contribution >= 4 is 27.7 Å². The first-order chi connectivity index (χ1) is 7.09. The molecule has 0 saturated heterocycles. The number of halogens is 2. The zero-order valence-electron chi connectivity index (χ0n) is 8.47. The van der Waals surface area contributed by atoms with E-state index in [1.807, 2.05) is 11.8 Å². The van der Waals surface area contributed by atoms with Gasteiger partial charge in [0, 0.05) is 27.1 Å². The number of rotatable bonds is 0. The van der Waals surface area contributed by atoms with Gasteiger partial charge in [0.05, 0.1) is 0 Å². The van der Waals surface area contributed by atoms with Crippen molar-refractivity contribution in [3.63, 3.8) is 0 Å². The Hall–Kier alpha value is -0.0600. The Morgan fingerprint density at radius 1 is 1.53 bits per heavy atom. The van der Waals surface area contributed by atoms with Crippen molar-refractivity contribution in [2.75, 3.05) is 0 Å². The first kappa shape index (κ1) is 11.4. The predicted octanol–water partition coefficient (Wildman–Crippen LogP) is 3.61. The van der Waals surface area contributed by atoms with Crippen LogP contribution in [0.2, 0.25) is 0 Å². The van der Waals surface area contributed by atoms with Crippen LogP contribution in [0.5, 0.6) is 0 Å². The highest BCUT2D eigenvalue weighted by Crippen LogP contribution is 2.38. The molecule has 4 heteroatoms. The first-order valence-electron chi connectivity index (χ1n) is 4.93. The average molecular weight is 290 g/mol. The van der Waals surface area contributed by atoms with Crippen molar-refractivity contribution in [3.05, 3.63) is 33.5 Å². The average Bonchev–Trinajstić information content (AvgIpc) is 2.32. The summed E-state index contributed by atoms with van der Waals surface area (Å²) >= 11 is 5.29. The van der Waals surface area contributed by atoms with Gasteiger partial charge < -0.3 is 5.73 Å². The molecule has 0 radical (unpaired) electrons. The summed E-state index contributed by atoms with van der Waals surface area (Å²) in [5.41, 5.74) is 7.75. The molecule has 0 aliphatic carbocycles. The molecule has 1 aliphatic rings. The summed E-state index contributed by atoms with van der Waals surface area (Å²) in [4.78, 5) is 0. The van der Waals surface area contributed by atoms with E-state index in [1.165, 1.54) is 6.07 Å². The predicted molar refractivity (Wildman–Crippen MR) is 66.4 cm³/mol. The third-order valence-corrected chi connectivity index (χ3v) is 4.68. The molecule has 0 amide bonds. The smallest absolute Gasteiger partial charge is 0.128 e. The third-order valence-electron chi connectivity index (χ3n) is 2.72. The molecule has 1 aromatic carbocycles. The number of nitrogens with two attached hydrogens (primary N) is 1. The standard InChI is InChI=1S/C11H13BrFNS/c1-6-4-10(14)11-7(5-15-6)8(12)2-3-9(11)13/h2-3,6,10H,4-5,14H2,1H3/t6?,10-/m0/s1. The molecule has 2 rings (SSSR count). The van der Waals surface area contributed by atoms with Crippen molar-refractivity contribution in [1.29, 1.82) is 0 Å². The molecule has 82 valence electrons. The van der Waals surface area contributed by atoms with E-state index in [2.05, 4.69) is 22.9 Å². The Balaban J connectivity index is 2.52. The Kier molecular flexibility index (Phi) is 3.38. The van der Waals surface area contributed by atoms with Crippen LogP contribution in [0.15, 0.2) is 16.6 Å². The fourth-order valence-corrected chi connectivity index (χ4v) is 3.70. The molecule has 0 bridgehead atoms. The summed E-state index contributed by atoms with van der Waals surface area (Å²) in [6.07, 6.45) is 0.838. The van der Waals surface area contributed by atoms with Gasteiger partial charge in [-0.05, 0) is 24.1 Å². The molecule has 15 heavy (non-hydrogen) atoms. The summed E-state index contributed by atoms with van der Waals surface area (Å²) in [5, 5.41) is 0.485. The van der Waals surface area contributed by atoms with E-state index in [0.29, 0.717) is 10.8 Å². The minimum absolute atomic E-state index is 0.171. The van der Waals surface area contributed by atoms with Crippen LogP contribution in [0.3, 0.4) is 0 Å². The number of benzene rings is 1. The van der Waals surface area contributed by atoms with Gasteiger partial charge in [-0.2, -0.15) is 11.8 Å². The Morgan fingerprint density at radius 3 is 3.00 bits per heavy atom. The lowest BCUT2D eigenvalue weighted by Crippen LogP contribution is -2.16. The molecule has 0 fully saturated rings.